The summed E-state index contributed by atoms with van der Waals surface area (Å²) in [5, 5.41) is 2.84. The minimum Gasteiger partial charge on any atom is -0.381 e. The van der Waals surface area contributed by atoms with Crippen molar-refractivity contribution >= 4 is 9.84 Å². The van der Waals surface area contributed by atoms with Crippen LogP contribution in [0.1, 0.15) is 38.5 Å². The molecule has 2 aliphatic rings. The summed E-state index contributed by atoms with van der Waals surface area (Å²) < 4.78 is 30.5. The quantitative estimate of drug-likeness (QED) is 0.827. The molecule has 2 unspecified atom stereocenters. The van der Waals surface area contributed by atoms with Gasteiger partial charge in [-0.05, 0) is 32.7 Å². The topological polar surface area (TPSA) is 55.4 Å². The predicted molar refractivity (Wildman–Crippen MR) is 67.9 cm³/mol. The van der Waals surface area contributed by atoms with Crippen molar-refractivity contribution in [3.05, 3.63) is 0 Å². The van der Waals surface area contributed by atoms with Crippen molar-refractivity contribution in [2.45, 2.75) is 55.1 Å². The van der Waals surface area contributed by atoms with Crippen LogP contribution in [0.3, 0.4) is 0 Å². The van der Waals surface area contributed by atoms with Crippen LogP contribution < -0.4 is 5.32 Å². The molecule has 2 fully saturated rings. The lowest BCUT2D eigenvalue weighted by Crippen LogP contribution is -2.48. The van der Waals surface area contributed by atoms with E-state index in [0.717, 1.165) is 25.7 Å². The van der Waals surface area contributed by atoms with Gasteiger partial charge in [0.1, 0.15) is 0 Å². The molecule has 1 saturated heterocycles. The molecule has 0 radical (unpaired) electrons. The van der Waals surface area contributed by atoms with Crippen LogP contribution in [0.4, 0.5) is 0 Å². The molecule has 0 aromatic heterocycles. The van der Waals surface area contributed by atoms with Crippen molar-refractivity contribution in [2.24, 2.45) is 0 Å². The Morgan fingerprint density at radius 2 is 1.71 bits per heavy atom. The van der Waals surface area contributed by atoms with E-state index < -0.39 is 9.84 Å². The normalized spacial score (nSPS) is 32.5. The number of sulfone groups is 1. The van der Waals surface area contributed by atoms with Gasteiger partial charge in [-0.15, -0.1) is 0 Å². The lowest BCUT2D eigenvalue weighted by Gasteiger charge is -2.34. The highest BCUT2D eigenvalue weighted by molar-refractivity contribution is 7.92. The highest BCUT2D eigenvalue weighted by atomic mass is 32.2. The number of nitrogens with one attached hydrogen (secondary N) is 1. The zero-order chi connectivity index (χ0) is 12.3. The van der Waals surface area contributed by atoms with Gasteiger partial charge in [-0.2, -0.15) is 0 Å². The molecule has 2 atom stereocenters. The van der Waals surface area contributed by atoms with Crippen LogP contribution in [-0.4, -0.2) is 45.2 Å². The van der Waals surface area contributed by atoms with Crippen molar-refractivity contribution in [1.82, 2.24) is 5.32 Å². The third kappa shape index (κ3) is 2.83. The second-order valence-corrected chi connectivity index (χ2v) is 7.57. The minimum atomic E-state index is -2.99. The maximum atomic E-state index is 12.6. The third-order valence-corrected chi connectivity index (χ3v) is 6.94. The van der Waals surface area contributed by atoms with Crippen LogP contribution >= 0.6 is 0 Å². The van der Waals surface area contributed by atoms with Crippen LogP contribution in [0.5, 0.6) is 0 Å². The number of ether oxygens (including phenoxy) is 1. The molecule has 4 nitrogen and oxygen atoms in total. The number of rotatable bonds is 3. The van der Waals surface area contributed by atoms with Gasteiger partial charge >= 0.3 is 0 Å². The van der Waals surface area contributed by atoms with Gasteiger partial charge < -0.3 is 10.1 Å². The van der Waals surface area contributed by atoms with Gasteiger partial charge in [0, 0.05) is 19.3 Å². The summed E-state index contributed by atoms with van der Waals surface area (Å²) in [6.45, 7) is 1.20. The van der Waals surface area contributed by atoms with Gasteiger partial charge in [-0.25, -0.2) is 8.42 Å². The average Bonchev–Trinajstić information content (AvgIpc) is 2.39. The molecule has 0 aromatic rings. The van der Waals surface area contributed by atoms with Gasteiger partial charge in [0.25, 0.3) is 0 Å². The minimum absolute atomic E-state index is 0.150. The number of hydrogen-bond donors (Lipinski definition) is 1. The summed E-state index contributed by atoms with van der Waals surface area (Å²) in [5.74, 6) is 0. The van der Waals surface area contributed by atoms with E-state index in [-0.39, 0.29) is 16.5 Å². The largest absolute Gasteiger partial charge is 0.381 e. The summed E-state index contributed by atoms with van der Waals surface area (Å²) in [6, 6.07) is 0.150. The fraction of sp³-hybridized carbons (Fsp3) is 1.00. The summed E-state index contributed by atoms with van der Waals surface area (Å²) in [7, 11) is -1.11. The highest BCUT2D eigenvalue weighted by Gasteiger charge is 2.40. The van der Waals surface area contributed by atoms with Crippen molar-refractivity contribution in [3.63, 3.8) is 0 Å². The fourth-order valence-corrected chi connectivity index (χ4v) is 5.64. The van der Waals surface area contributed by atoms with Crippen LogP contribution in [0.15, 0.2) is 0 Å². The predicted octanol–water partition coefficient (Wildman–Crippen LogP) is 1.11. The van der Waals surface area contributed by atoms with E-state index >= 15 is 0 Å². The van der Waals surface area contributed by atoms with Crippen LogP contribution in [0.25, 0.3) is 0 Å². The molecule has 1 aliphatic heterocycles. The van der Waals surface area contributed by atoms with E-state index in [1.54, 1.807) is 0 Å². The Labute approximate surface area is 104 Å². The SMILES string of the molecule is CNC1CCCCC1S(=O)(=O)C1CCOCC1. The molecule has 1 N–H and O–H groups in total. The highest BCUT2D eigenvalue weighted by Crippen LogP contribution is 2.30. The zero-order valence-corrected chi connectivity index (χ0v) is 11.3. The summed E-state index contributed by atoms with van der Waals surface area (Å²) >= 11 is 0. The van der Waals surface area contributed by atoms with E-state index in [9.17, 15) is 8.42 Å². The Morgan fingerprint density at radius 3 is 2.35 bits per heavy atom. The number of hydrogen-bond acceptors (Lipinski definition) is 4. The first kappa shape index (κ1) is 13.3. The van der Waals surface area contributed by atoms with Gasteiger partial charge in [0.05, 0.1) is 10.5 Å². The summed E-state index contributed by atoms with van der Waals surface area (Å²) in [4.78, 5) is 0. The molecule has 0 amide bonds. The van der Waals surface area contributed by atoms with Crippen molar-refractivity contribution in [1.29, 1.82) is 0 Å². The van der Waals surface area contributed by atoms with Gasteiger partial charge in [-0.1, -0.05) is 12.8 Å². The molecule has 0 bridgehead atoms. The van der Waals surface area contributed by atoms with E-state index in [1.165, 1.54) is 0 Å². The maximum absolute atomic E-state index is 12.6. The molecule has 17 heavy (non-hydrogen) atoms. The van der Waals surface area contributed by atoms with Gasteiger partial charge in [-0.3, -0.25) is 0 Å². The van der Waals surface area contributed by atoms with Gasteiger partial charge in [0.2, 0.25) is 0 Å². The Morgan fingerprint density at radius 1 is 1.06 bits per heavy atom. The molecule has 1 saturated carbocycles. The standard InChI is InChI=1S/C12H23NO3S/c1-13-11-4-2-3-5-12(11)17(14,15)10-6-8-16-9-7-10/h10-13H,2-9H2,1H3. The molecule has 0 aromatic carbocycles. The van der Waals surface area contributed by atoms with Crippen molar-refractivity contribution in [3.8, 4) is 0 Å². The van der Waals surface area contributed by atoms with E-state index in [0.29, 0.717) is 26.1 Å². The zero-order valence-electron chi connectivity index (χ0n) is 10.5. The molecular weight excluding hydrogens is 238 g/mol. The molecule has 1 aliphatic carbocycles. The molecule has 5 heteroatoms. The first-order valence-corrected chi connectivity index (χ1v) is 8.25. The van der Waals surface area contributed by atoms with E-state index in [1.807, 2.05) is 7.05 Å². The van der Waals surface area contributed by atoms with Crippen molar-refractivity contribution in [2.75, 3.05) is 20.3 Å². The first-order chi connectivity index (χ1) is 8.16. The molecule has 0 spiro atoms. The maximum Gasteiger partial charge on any atom is 0.157 e. The molecular formula is C12H23NO3S. The Hall–Kier alpha value is -0.130. The lowest BCUT2D eigenvalue weighted by molar-refractivity contribution is 0.0980. The Balaban J connectivity index is 2.11. The van der Waals surface area contributed by atoms with Gasteiger partial charge in [0.15, 0.2) is 9.84 Å². The first-order valence-electron chi connectivity index (χ1n) is 6.64. The van der Waals surface area contributed by atoms with Crippen LogP contribution in [0, 0.1) is 0 Å². The second kappa shape index (κ2) is 5.67. The summed E-state index contributed by atoms with van der Waals surface area (Å²) in [5.41, 5.74) is 0. The molecule has 2 rings (SSSR count). The second-order valence-electron chi connectivity index (χ2n) is 5.12. The Kier molecular flexibility index (Phi) is 4.44. The van der Waals surface area contributed by atoms with Crippen LogP contribution in [-0.2, 0) is 14.6 Å². The fourth-order valence-electron chi connectivity index (χ4n) is 3.07. The van der Waals surface area contributed by atoms with Crippen LogP contribution in [0.2, 0.25) is 0 Å². The van der Waals surface area contributed by atoms with E-state index in [4.69, 9.17) is 4.74 Å². The Bertz CT molecular complexity index is 336. The van der Waals surface area contributed by atoms with Crippen molar-refractivity contribution < 1.29 is 13.2 Å². The third-order valence-electron chi connectivity index (χ3n) is 4.13. The smallest absolute Gasteiger partial charge is 0.157 e. The average molecular weight is 261 g/mol. The molecule has 100 valence electrons. The van der Waals surface area contributed by atoms with E-state index in [2.05, 4.69) is 5.32 Å². The molecule has 1 heterocycles. The summed E-state index contributed by atoms with van der Waals surface area (Å²) in [6.07, 6.45) is 5.36. The lowest BCUT2D eigenvalue weighted by atomic mass is 9.95. The monoisotopic (exact) mass is 261 g/mol.